The number of aromatic nitrogens is 1. The molecule has 0 aliphatic rings. The maximum atomic E-state index is 11.0. The maximum Gasteiger partial charge on any atom is 0.273 e. The van der Waals surface area contributed by atoms with Crippen LogP contribution in [-0.4, -0.2) is 9.91 Å². The van der Waals surface area contributed by atoms with Gasteiger partial charge in [-0.2, -0.15) is 0 Å². The Bertz CT molecular complexity index is 647. The number of pyridine rings is 1. The average molecular weight is 306 g/mol. The van der Waals surface area contributed by atoms with Gasteiger partial charge >= 0.3 is 0 Å². The van der Waals surface area contributed by atoms with Gasteiger partial charge in [-0.05, 0) is 30.2 Å². The molecular weight excluding hydrogens is 290 g/mol. The molecule has 0 bridgehead atoms. The summed E-state index contributed by atoms with van der Waals surface area (Å²) in [5.74, 6) is 0. The fourth-order valence-corrected chi connectivity index (χ4v) is 2.34. The van der Waals surface area contributed by atoms with E-state index in [4.69, 9.17) is 11.6 Å². The van der Waals surface area contributed by atoms with Crippen LogP contribution in [0.2, 0.25) is 5.02 Å². The summed E-state index contributed by atoms with van der Waals surface area (Å²) in [5.41, 5.74) is 2.78. The summed E-state index contributed by atoms with van der Waals surface area (Å²) in [6.07, 6.45) is 2.65. The molecule has 0 radical (unpaired) electrons. The van der Waals surface area contributed by atoms with Crippen LogP contribution < -0.4 is 5.32 Å². The lowest BCUT2D eigenvalue weighted by molar-refractivity contribution is -0.385. The summed E-state index contributed by atoms with van der Waals surface area (Å²) >= 11 is 5.90. The molecule has 0 fully saturated rings. The van der Waals surface area contributed by atoms with Gasteiger partial charge in [0.1, 0.15) is 0 Å². The quantitative estimate of drug-likeness (QED) is 0.655. The molecule has 0 unspecified atom stereocenters. The zero-order valence-corrected chi connectivity index (χ0v) is 12.4. The number of aryl methyl sites for hydroxylation is 1. The monoisotopic (exact) mass is 305 g/mol. The van der Waals surface area contributed by atoms with Gasteiger partial charge in [0.15, 0.2) is 0 Å². The smallest absolute Gasteiger partial charge is 0.273 e. The highest BCUT2D eigenvalue weighted by molar-refractivity contribution is 6.30. The van der Waals surface area contributed by atoms with Crippen LogP contribution in [0.3, 0.4) is 0 Å². The normalized spacial score (nSPS) is 10.6. The van der Waals surface area contributed by atoms with E-state index < -0.39 is 4.92 Å². The lowest BCUT2D eigenvalue weighted by atomic mass is 10.1. The first-order valence-corrected chi connectivity index (χ1v) is 7.06. The third-order valence-electron chi connectivity index (χ3n) is 3.21. The van der Waals surface area contributed by atoms with Crippen molar-refractivity contribution in [3.05, 3.63) is 68.5 Å². The molecule has 1 aromatic heterocycles. The summed E-state index contributed by atoms with van der Waals surface area (Å²) in [6.45, 7) is 3.01. The van der Waals surface area contributed by atoms with Crippen molar-refractivity contribution in [3.63, 3.8) is 0 Å². The number of nitro benzene ring substituents is 1. The fraction of sp³-hybridized carbons (Fsp3) is 0.267. The predicted molar refractivity (Wildman–Crippen MR) is 82.3 cm³/mol. The van der Waals surface area contributed by atoms with Crippen LogP contribution in [0.25, 0.3) is 0 Å². The van der Waals surface area contributed by atoms with Crippen molar-refractivity contribution in [3.8, 4) is 0 Å². The standard InChI is InChI=1S/C15H16ClN3O2/c1-2-11-4-3-7-18-14(11)10-17-9-12-8-13(16)5-6-15(12)19(20)21/h3-8,17H,2,9-10H2,1H3. The minimum atomic E-state index is -0.397. The number of nitrogens with one attached hydrogen (secondary N) is 1. The van der Waals surface area contributed by atoms with Crippen molar-refractivity contribution in [2.75, 3.05) is 0 Å². The van der Waals surface area contributed by atoms with Crippen LogP contribution in [-0.2, 0) is 19.5 Å². The summed E-state index contributed by atoms with van der Waals surface area (Å²) in [7, 11) is 0. The zero-order valence-electron chi connectivity index (χ0n) is 11.7. The third kappa shape index (κ3) is 4.00. The highest BCUT2D eigenvalue weighted by atomic mass is 35.5. The highest BCUT2D eigenvalue weighted by Gasteiger charge is 2.13. The SMILES string of the molecule is CCc1cccnc1CNCc1cc(Cl)ccc1[N+](=O)[O-]. The van der Waals surface area contributed by atoms with E-state index in [1.165, 1.54) is 17.7 Å². The number of hydrogen-bond donors (Lipinski definition) is 1. The van der Waals surface area contributed by atoms with Crippen molar-refractivity contribution < 1.29 is 4.92 Å². The Morgan fingerprint density at radius 2 is 2.10 bits per heavy atom. The Balaban J connectivity index is 2.07. The van der Waals surface area contributed by atoms with Crippen molar-refractivity contribution >= 4 is 17.3 Å². The topological polar surface area (TPSA) is 68.1 Å². The molecule has 0 atom stereocenters. The molecule has 110 valence electrons. The molecule has 0 saturated heterocycles. The van der Waals surface area contributed by atoms with E-state index in [-0.39, 0.29) is 5.69 Å². The number of hydrogen-bond acceptors (Lipinski definition) is 4. The van der Waals surface area contributed by atoms with Gasteiger partial charge in [-0.3, -0.25) is 15.1 Å². The molecule has 21 heavy (non-hydrogen) atoms. The molecule has 6 heteroatoms. The first-order valence-electron chi connectivity index (χ1n) is 6.68. The van der Waals surface area contributed by atoms with E-state index in [0.29, 0.717) is 23.7 Å². The fourth-order valence-electron chi connectivity index (χ4n) is 2.14. The number of nitrogens with zero attached hydrogens (tertiary/aromatic N) is 2. The van der Waals surface area contributed by atoms with E-state index >= 15 is 0 Å². The summed E-state index contributed by atoms with van der Waals surface area (Å²) < 4.78 is 0. The van der Waals surface area contributed by atoms with Crippen LogP contribution >= 0.6 is 11.6 Å². The van der Waals surface area contributed by atoms with Crippen LogP contribution in [0.5, 0.6) is 0 Å². The number of rotatable bonds is 6. The Hall–Kier alpha value is -1.98. The molecule has 5 nitrogen and oxygen atoms in total. The van der Waals surface area contributed by atoms with E-state index in [1.807, 2.05) is 12.1 Å². The first kappa shape index (κ1) is 15.4. The summed E-state index contributed by atoms with van der Waals surface area (Å²) in [6, 6.07) is 8.51. The second kappa shape index (κ2) is 7.15. The highest BCUT2D eigenvalue weighted by Crippen LogP contribution is 2.22. The average Bonchev–Trinajstić information content (AvgIpc) is 2.47. The van der Waals surface area contributed by atoms with Gasteiger partial charge in [0.25, 0.3) is 5.69 Å². The van der Waals surface area contributed by atoms with Gasteiger partial charge in [0.2, 0.25) is 0 Å². The predicted octanol–water partition coefficient (Wildman–Crippen LogP) is 3.50. The Morgan fingerprint density at radius 3 is 2.81 bits per heavy atom. The molecular formula is C15H16ClN3O2. The van der Waals surface area contributed by atoms with Gasteiger partial charge in [-0.15, -0.1) is 0 Å². The number of nitro groups is 1. The zero-order chi connectivity index (χ0) is 15.2. The molecule has 1 aromatic carbocycles. The van der Waals surface area contributed by atoms with Crippen LogP contribution in [0, 0.1) is 10.1 Å². The lowest BCUT2D eigenvalue weighted by Gasteiger charge is -2.09. The molecule has 0 spiro atoms. The minimum Gasteiger partial charge on any atom is -0.307 e. The van der Waals surface area contributed by atoms with E-state index in [0.717, 1.165) is 12.1 Å². The minimum absolute atomic E-state index is 0.0728. The van der Waals surface area contributed by atoms with Gasteiger partial charge in [0, 0.05) is 35.9 Å². The van der Waals surface area contributed by atoms with Gasteiger partial charge < -0.3 is 5.32 Å². The van der Waals surface area contributed by atoms with Crippen molar-refractivity contribution in [2.24, 2.45) is 0 Å². The molecule has 1 N–H and O–H groups in total. The first-order chi connectivity index (χ1) is 10.1. The molecule has 0 amide bonds. The van der Waals surface area contributed by atoms with Crippen molar-refractivity contribution in [2.45, 2.75) is 26.4 Å². The Morgan fingerprint density at radius 1 is 1.29 bits per heavy atom. The Labute approximate surface area is 128 Å². The van der Waals surface area contributed by atoms with Gasteiger partial charge in [-0.25, -0.2) is 0 Å². The van der Waals surface area contributed by atoms with Crippen LogP contribution in [0.4, 0.5) is 5.69 Å². The van der Waals surface area contributed by atoms with Crippen LogP contribution in [0.1, 0.15) is 23.7 Å². The molecule has 0 aliphatic carbocycles. The lowest BCUT2D eigenvalue weighted by Crippen LogP contribution is -2.16. The number of benzene rings is 1. The van der Waals surface area contributed by atoms with E-state index in [2.05, 4.69) is 17.2 Å². The molecule has 2 aromatic rings. The third-order valence-corrected chi connectivity index (χ3v) is 3.45. The van der Waals surface area contributed by atoms with Gasteiger partial charge in [-0.1, -0.05) is 24.6 Å². The van der Waals surface area contributed by atoms with Crippen molar-refractivity contribution in [1.82, 2.24) is 10.3 Å². The van der Waals surface area contributed by atoms with E-state index in [1.54, 1.807) is 12.3 Å². The van der Waals surface area contributed by atoms with Crippen molar-refractivity contribution in [1.29, 1.82) is 0 Å². The maximum absolute atomic E-state index is 11.0. The number of halogens is 1. The molecule has 2 rings (SSSR count). The van der Waals surface area contributed by atoms with Gasteiger partial charge in [0.05, 0.1) is 10.6 Å². The largest absolute Gasteiger partial charge is 0.307 e. The Kier molecular flexibility index (Phi) is 5.25. The summed E-state index contributed by atoms with van der Waals surface area (Å²) in [5, 5.41) is 14.7. The molecule has 0 aliphatic heterocycles. The van der Waals surface area contributed by atoms with Crippen LogP contribution in [0.15, 0.2) is 36.5 Å². The molecule has 0 saturated carbocycles. The second-order valence-electron chi connectivity index (χ2n) is 4.60. The second-order valence-corrected chi connectivity index (χ2v) is 5.03. The molecule has 1 heterocycles. The summed E-state index contributed by atoms with van der Waals surface area (Å²) in [4.78, 5) is 14.9. The van der Waals surface area contributed by atoms with E-state index in [9.17, 15) is 10.1 Å².